The molecule has 0 amide bonds. The molecule has 98 valence electrons. The minimum Gasteiger partial charge on any atom is -0.384 e. The number of hydrogen-bond acceptors (Lipinski definition) is 4. The van der Waals surface area contributed by atoms with Crippen molar-refractivity contribution in [1.29, 1.82) is 5.26 Å². The molecule has 19 heavy (non-hydrogen) atoms. The second-order valence-corrected chi connectivity index (χ2v) is 5.39. The average molecular weight is 276 g/mol. The standard InChI is InChI=1S/C14H14ClN3O/c1-8-10(5-4-9(7-16)12(8)15)13-14(19)11-3-2-6-18(11)17-13/h4-5,11,14,19H,2-3,6H2,1H3. The van der Waals surface area contributed by atoms with Crippen LogP contribution in [0.5, 0.6) is 0 Å². The van der Waals surface area contributed by atoms with Crippen LogP contribution in [-0.4, -0.2) is 34.5 Å². The average Bonchev–Trinajstić information content (AvgIpc) is 2.97. The molecule has 2 atom stereocenters. The largest absolute Gasteiger partial charge is 0.384 e. The van der Waals surface area contributed by atoms with E-state index in [1.165, 1.54) is 0 Å². The number of benzene rings is 1. The van der Waals surface area contributed by atoms with Gasteiger partial charge in [-0.25, -0.2) is 0 Å². The summed E-state index contributed by atoms with van der Waals surface area (Å²) in [6.07, 6.45) is 1.48. The van der Waals surface area contributed by atoms with E-state index in [0.717, 1.165) is 30.5 Å². The summed E-state index contributed by atoms with van der Waals surface area (Å²) in [7, 11) is 0. The van der Waals surface area contributed by atoms with Crippen molar-refractivity contribution in [2.24, 2.45) is 5.10 Å². The van der Waals surface area contributed by atoms with Gasteiger partial charge in [0.15, 0.2) is 0 Å². The SMILES string of the molecule is Cc1c(C2=NN3CCCC3C2O)ccc(C#N)c1Cl. The fourth-order valence-corrected chi connectivity index (χ4v) is 3.07. The molecule has 5 heteroatoms. The van der Waals surface area contributed by atoms with Crippen molar-refractivity contribution in [2.45, 2.75) is 31.9 Å². The second-order valence-electron chi connectivity index (χ2n) is 5.01. The zero-order chi connectivity index (χ0) is 13.6. The Morgan fingerprint density at radius 1 is 1.53 bits per heavy atom. The molecule has 1 N–H and O–H groups in total. The first-order valence-corrected chi connectivity index (χ1v) is 6.74. The Morgan fingerprint density at radius 3 is 3.00 bits per heavy atom. The summed E-state index contributed by atoms with van der Waals surface area (Å²) in [6, 6.07) is 5.67. The predicted octanol–water partition coefficient (Wildman–Crippen LogP) is 2.06. The lowest BCUT2D eigenvalue weighted by Gasteiger charge is -2.16. The van der Waals surface area contributed by atoms with Gasteiger partial charge in [0.25, 0.3) is 0 Å². The second kappa shape index (κ2) is 4.52. The van der Waals surface area contributed by atoms with Crippen LogP contribution in [0.1, 0.15) is 29.5 Å². The molecule has 2 aliphatic heterocycles. The summed E-state index contributed by atoms with van der Waals surface area (Å²) in [5, 5.41) is 26.3. The highest BCUT2D eigenvalue weighted by molar-refractivity contribution is 6.33. The maximum atomic E-state index is 10.4. The minimum absolute atomic E-state index is 0.101. The van der Waals surface area contributed by atoms with Crippen LogP contribution in [-0.2, 0) is 0 Å². The third-order valence-corrected chi connectivity index (χ3v) is 4.42. The molecule has 2 aliphatic rings. The van der Waals surface area contributed by atoms with E-state index < -0.39 is 6.10 Å². The highest BCUT2D eigenvalue weighted by Crippen LogP contribution is 2.32. The van der Waals surface area contributed by atoms with E-state index in [0.29, 0.717) is 16.3 Å². The first-order valence-electron chi connectivity index (χ1n) is 6.36. The van der Waals surface area contributed by atoms with Crippen LogP contribution < -0.4 is 0 Å². The lowest BCUT2D eigenvalue weighted by atomic mass is 9.95. The zero-order valence-corrected chi connectivity index (χ0v) is 11.4. The normalized spacial score (nSPS) is 25.2. The number of fused-ring (bicyclic) bond motifs is 1. The maximum absolute atomic E-state index is 10.4. The molecule has 0 radical (unpaired) electrons. The number of halogens is 1. The number of nitriles is 1. The fourth-order valence-electron chi connectivity index (χ4n) is 2.86. The van der Waals surface area contributed by atoms with Gasteiger partial charge in [0.1, 0.15) is 12.2 Å². The van der Waals surface area contributed by atoms with E-state index in [9.17, 15) is 5.11 Å². The van der Waals surface area contributed by atoms with Crippen LogP contribution in [0.25, 0.3) is 0 Å². The highest BCUT2D eigenvalue weighted by Gasteiger charge is 2.39. The van der Waals surface area contributed by atoms with E-state index in [2.05, 4.69) is 11.2 Å². The van der Waals surface area contributed by atoms with Gasteiger partial charge in [-0.2, -0.15) is 10.4 Å². The van der Waals surface area contributed by atoms with Crippen LogP contribution in [0.4, 0.5) is 0 Å². The van der Waals surface area contributed by atoms with Gasteiger partial charge in [0.05, 0.1) is 22.3 Å². The monoisotopic (exact) mass is 275 g/mol. The van der Waals surface area contributed by atoms with Crippen molar-refractivity contribution >= 4 is 17.3 Å². The third-order valence-electron chi connectivity index (χ3n) is 3.93. The highest BCUT2D eigenvalue weighted by atomic mass is 35.5. The van der Waals surface area contributed by atoms with Crippen LogP contribution in [0.15, 0.2) is 17.2 Å². The van der Waals surface area contributed by atoms with Crippen molar-refractivity contribution < 1.29 is 5.11 Å². The zero-order valence-electron chi connectivity index (χ0n) is 10.6. The molecule has 0 bridgehead atoms. The molecule has 0 spiro atoms. The molecule has 1 aromatic carbocycles. The Balaban J connectivity index is 2.05. The van der Waals surface area contributed by atoms with Gasteiger partial charge >= 0.3 is 0 Å². The van der Waals surface area contributed by atoms with Gasteiger partial charge in [-0.05, 0) is 31.4 Å². The summed E-state index contributed by atoms with van der Waals surface area (Å²) in [5.74, 6) is 0. The van der Waals surface area contributed by atoms with Gasteiger partial charge in [0.2, 0.25) is 0 Å². The first kappa shape index (κ1) is 12.5. The van der Waals surface area contributed by atoms with E-state index in [4.69, 9.17) is 16.9 Å². The van der Waals surface area contributed by atoms with E-state index >= 15 is 0 Å². The summed E-state index contributed by atoms with van der Waals surface area (Å²) >= 11 is 6.17. The van der Waals surface area contributed by atoms with Gasteiger partial charge in [-0.1, -0.05) is 17.7 Å². The van der Waals surface area contributed by atoms with Crippen molar-refractivity contribution in [3.63, 3.8) is 0 Å². The minimum atomic E-state index is -0.565. The predicted molar refractivity (Wildman–Crippen MR) is 73.2 cm³/mol. The van der Waals surface area contributed by atoms with E-state index in [1.807, 2.05) is 18.0 Å². The number of aliphatic hydroxyl groups excluding tert-OH is 1. The lowest BCUT2D eigenvalue weighted by Crippen LogP contribution is -2.33. The molecule has 2 heterocycles. The van der Waals surface area contributed by atoms with E-state index in [1.54, 1.807) is 6.07 Å². The van der Waals surface area contributed by atoms with Crippen molar-refractivity contribution in [3.8, 4) is 6.07 Å². The molecule has 1 fully saturated rings. The smallest absolute Gasteiger partial charge is 0.120 e. The molecule has 2 unspecified atom stereocenters. The summed E-state index contributed by atoms with van der Waals surface area (Å²) in [4.78, 5) is 0. The molecular formula is C14H14ClN3O. The Morgan fingerprint density at radius 2 is 2.32 bits per heavy atom. The molecule has 1 aromatic rings. The molecule has 0 aliphatic carbocycles. The van der Waals surface area contributed by atoms with Gasteiger partial charge in [-0.3, -0.25) is 5.01 Å². The number of rotatable bonds is 1. The molecular weight excluding hydrogens is 262 g/mol. The third kappa shape index (κ3) is 1.81. The molecule has 0 saturated carbocycles. The Labute approximate surface area is 116 Å². The summed E-state index contributed by atoms with van der Waals surface area (Å²) < 4.78 is 0. The van der Waals surface area contributed by atoms with Crippen LogP contribution in [0, 0.1) is 18.3 Å². The van der Waals surface area contributed by atoms with Gasteiger partial charge < -0.3 is 5.11 Å². The van der Waals surface area contributed by atoms with Crippen LogP contribution in [0.2, 0.25) is 5.02 Å². The van der Waals surface area contributed by atoms with E-state index in [-0.39, 0.29) is 6.04 Å². The Hall–Kier alpha value is -1.57. The molecule has 4 nitrogen and oxygen atoms in total. The number of nitrogens with zero attached hydrogens (tertiary/aromatic N) is 3. The van der Waals surface area contributed by atoms with Crippen LogP contribution in [0.3, 0.4) is 0 Å². The quantitative estimate of drug-likeness (QED) is 0.853. The Kier molecular flexibility index (Phi) is 2.96. The topological polar surface area (TPSA) is 59.6 Å². The lowest BCUT2D eigenvalue weighted by molar-refractivity contribution is 0.150. The van der Waals surface area contributed by atoms with Gasteiger partial charge in [-0.15, -0.1) is 0 Å². The van der Waals surface area contributed by atoms with Crippen molar-refractivity contribution in [3.05, 3.63) is 33.8 Å². The van der Waals surface area contributed by atoms with Crippen molar-refractivity contribution in [1.82, 2.24) is 5.01 Å². The summed E-state index contributed by atoms with van der Waals surface area (Å²) in [6.45, 7) is 2.76. The van der Waals surface area contributed by atoms with Crippen LogP contribution >= 0.6 is 11.6 Å². The first-order chi connectivity index (χ1) is 9.13. The molecule has 3 rings (SSSR count). The van der Waals surface area contributed by atoms with Gasteiger partial charge in [0, 0.05) is 12.1 Å². The Bertz CT molecular complexity index is 605. The fraction of sp³-hybridized carbons (Fsp3) is 0.429. The maximum Gasteiger partial charge on any atom is 0.120 e. The summed E-state index contributed by atoms with van der Waals surface area (Å²) in [5.41, 5.74) is 2.77. The number of aliphatic hydroxyl groups is 1. The van der Waals surface area contributed by atoms with Crippen molar-refractivity contribution in [2.75, 3.05) is 6.54 Å². The number of hydrogen-bond donors (Lipinski definition) is 1. The molecule has 1 saturated heterocycles. The molecule has 0 aromatic heterocycles. The number of hydrazone groups is 1.